The molecule has 5 aliphatic rings. The number of hydrogen-bond acceptors (Lipinski definition) is 1. The van der Waals surface area contributed by atoms with Crippen LogP contribution < -0.4 is 0 Å². The van der Waals surface area contributed by atoms with Gasteiger partial charge in [0.25, 0.3) is 0 Å². The van der Waals surface area contributed by atoms with Crippen LogP contribution in [-0.2, 0) is 4.74 Å². The predicted octanol–water partition coefficient (Wildman–Crippen LogP) is 7.42. The van der Waals surface area contributed by atoms with Crippen molar-refractivity contribution in [2.75, 3.05) is 13.2 Å². The van der Waals surface area contributed by atoms with Crippen LogP contribution in [0.5, 0.6) is 0 Å². The highest BCUT2D eigenvalue weighted by Crippen LogP contribution is 2.75. The molecule has 5 heteroatoms. The summed E-state index contributed by atoms with van der Waals surface area (Å²) in [6.07, 6.45) is 6.82. The van der Waals surface area contributed by atoms with Crippen molar-refractivity contribution in [1.29, 1.82) is 0 Å². The quantitative estimate of drug-likeness (QED) is 0.287. The highest BCUT2D eigenvalue weighted by atomic mass is 35.5. The molecule has 0 N–H and O–H groups in total. The lowest BCUT2D eigenvalue weighted by Gasteiger charge is -2.56. The van der Waals surface area contributed by atoms with E-state index < -0.39 is 8.67 Å². The first-order chi connectivity index (χ1) is 12.3. The third kappa shape index (κ3) is 2.88. The number of halogens is 4. The average molecular weight is 454 g/mol. The zero-order chi connectivity index (χ0) is 20.0. The fourth-order valence-electron chi connectivity index (χ4n) is 5.98. The second-order valence-electron chi connectivity index (χ2n) is 10.9. The van der Waals surface area contributed by atoms with E-state index in [9.17, 15) is 0 Å². The van der Waals surface area contributed by atoms with Crippen molar-refractivity contribution in [3.05, 3.63) is 11.6 Å². The number of alkyl halides is 4. The fourth-order valence-corrected chi connectivity index (χ4v) is 7.85. The molecule has 0 heterocycles. The largest absolute Gasteiger partial charge is 0.377 e. The van der Waals surface area contributed by atoms with Gasteiger partial charge in [0, 0.05) is 22.7 Å². The van der Waals surface area contributed by atoms with Crippen molar-refractivity contribution >= 4 is 46.4 Å². The van der Waals surface area contributed by atoms with Crippen LogP contribution in [0.4, 0.5) is 0 Å². The summed E-state index contributed by atoms with van der Waals surface area (Å²) in [5.41, 5.74) is 1.76. The molecule has 5 rings (SSSR count). The molecule has 0 aromatic carbocycles. The average Bonchev–Trinajstić information content (AvgIpc) is 3.17. The molecule has 3 unspecified atom stereocenters. The SMILES string of the molecule is CC1(C)[C@@H]2CC=C(COCC3C(Cl)(Cl)C3(C)CCC3C(C)(C)C3(Cl)Cl)[C@H]1C2. The molecule has 0 aromatic heterocycles. The Balaban J connectivity index is 1.28. The molecular formula is C22H32Cl4O. The summed E-state index contributed by atoms with van der Waals surface area (Å²) in [6, 6.07) is 0. The van der Waals surface area contributed by atoms with Crippen LogP contribution in [0.15, 0.2) is 11.6 Å². The van der Waals surface area contributed by atoms with Gasteiger partial charge in [-0.25, -0.2) is 0 Å². The Morgan fingerprint density at radius 3 is 2.15 bits per heavy atom. The summed E-state index contributed by atoms with van der Waals surface area (Å²) in [5.74, 6) is 2.02. The monoisotopic (exact) mass is 452 g/mol. The molecule has 3 saturated carbocycles. The number of allylic oxidation sites excluding steroid dienone is 1. The van der Waals surface area contributed by atoms with Crippen LogP contribution in [0.25, 0.3) is 0 Å². The summed E-state index contributed by atoms with van der Waals surface area (Å²) < 4.78 is 4.80. The molecule has 5 atom stereocenters. The van der Waals surface area contributed by atoms with Gasteiger partial charge in [0.15, 0.2) is 0 Å². The first kappa shape index (κ1) is 21.1. The van der Waals surface area contributed by atoms with Gasteiger partial charge in [-0.15, -0.1) is 46.4 Å². The lowest BCUT2D eigenvalue weighted by atomic mass is 9.49. The molecule has 5 aliphatic carbocycles. The van der Waals surface area contributed by atoms with E-state index in [1.807, 2.05) is 0 Å². The van der Waals surface area contributed by atoms with E-state index >= 15 is 0 Å². The van der Waals surface area contributed by atoms with E-state index in [1.54, 1.807) is 0 Å². The van der Waals surface area contributed by atoms with Crippen LogP contribution in [0.3, 0.4) is 0 Å². The van der Waals surface area contributed by atoms with Crippen LogP contribution in [0.1, 0.15) is 60.3 Å². The fraction of sp³-hybridized carbons (Fsp3) is 0.909. The van der Waals surface area contributed by atoms with Crippen molar-refractivity contribution in [2.24, 2.45) is 39.9 Å². The Labute approximate surface area is 184 Å². The highest BCUT2D eigenvalue weighted by Gasteiger charge is 2.75. The second-order valence-corrected chi connectivity index (χ2v) is 13.6. The number of ether oxygens (including phenoxy) is 1. The van der Waals surface area contributed by atoms with E-state index in [0.29, 0.717) is 23.9 Å². The molecule has 0 saturated heterocycles. The van der Waals surface area contributed by atoms with Crippen LogP contribution in [-0.4, -0.2) is 21.9 Å². The van der Waals surface area contributed by atoms with Gasteiger partial charge in [-0.1, -0.05) is 40.7 Å². The standard InChI is InChI=1S/C22H32Cl4O/c1-18(2)14-7-6-13(15(18)10-14)11-27-12-17-20(5,22(17,25)26)9-8-16-19(3,4)21(16,23)24/h6,14-17H,7-12H2,1-5H3/t14-,15-,16?,17?,20?/m1/s1. The number of rotatable bonds is 7. The Kier molecular flexibility index (Phi) is 4.84. The van der Waals surface area contributed by atoms with Gasteiger partial charge in [0.2, 0.25) is 0 Å². The number of hydrogen-bond donors (Lipinski definition) is 0. The molecule has 1 nitrogen and oxygen atoms in total. The van der Waals surface area contributed by atoms with E-state index in [-0.39, 0.29) is 16.7 Å². The van der Waals surface area contributed by atoms with E-state index in [1.165, 1.54) is 18.4 Å². The zero-order valence-electron chi connectivity index (χ0n) is 17.0. The van der Waals surface area contributed by atoms with Crippen molar-refractivity contribution in [3.8, 4) is 0 Å². The summed E-state index contributed by atoms with van der Waals surface area (Å²) in [6.45, 7) is 12.6. The predicted molar refractivity (Wildman–Crippen MR) is 116 cm³/mol. The molecule has 0 aliphatic heterocycles. The molecule has 0 spiro atoms. The van der Waals surface area contributed by atoms with Gasteiger partial charge in [-0.3, -0.25) is 0 Å². The number of fused-ring (bicyclic) bond motifs is 1. The summed E-state index contributed by atoms with van der Waals surface area (Å²) in [7, 11) is 0. The summed E-state index contributed by atoms with van der Waals surface area (Å²) in [4.78, 5) is 0. The van der Waals surface area contributed by atoms with Gasteiger partial charge < -0.3 is 4.74 Å². The lowest BCUT2D eigenvalue weighted by Crippen LogP contribution is -2.48. The van der Waals surface area contributed by atoms with E-state index in [2.05, 4.69) is 40.7 Å². The molecule has 0 amide bonds. The van der Waals surface area contributed by atoms with Gasteiger partial charge in [0.05, 0.1) is 13.2 Å². The third-order valence-electron chi connectivity index (χ3n) is 9.06. The Bertz CT molecular complexity index is 651. The van der Waals surface area contributed by atoms with Gasteiger partial charge in [0.1, 0.15) is 8.67 Å². The lowest BCUT2D eigenvalue weighted by molar-refractivity contribution is -0.0183. The smallest absolute Gasteiger partial charge is 0.129 e. The van der Waals surface area contributed by atoms with E-state index in [4.69, 9.17) is 51.1 Å². The molecule has 154 valence electrons. The summed E-state index contributed by atoms with van der Waals surface area (Å²) in [5, 5.41) is 0. The van der Waals surface area contributed by atoms with Gasteiger partial charge in [-0.05, 0) is 48.5 Å². The Hall–Kier alpha value is 0.860. The minimum absolute atomic E-state index is 0.0322. The van der Waals surface area contributed by atoms with Crippen molar-refractivity contribution in [3.63, 3.8) is 0 Å². The normalized spacial score (nSPS) is 44.3. The van der Waals surface area contributed by atoms with Crippen molar-refractivity contribution in [2.45, 2.75) is 69.0 Å². The molecular weight excluding hydrogens is 422 g/mol. The first-order valence-corrected chi connectivity index (χ1v) is 11.8. The van der Waals surface area contributed by atoms with Gasteiger partial charge in [-0.2, -0.15) is 0 Å². The van der Waals surface area contributed by atoms with Crippen LogP contribution in [0, 0.1) is 39.9 Å². The molecule has 0 radical (unpaired) electrons. The van der Waals surface area contributed by atoms with Crippen molar-refractivity contribution < 1.29 is 4.74 Å². The topological polar surface area (TPSA) is 9.23 Å². The molecule has 2 bridgehead atoms. The molecule has 3 fully saturated rings. The summed E-state index contributed by atoms with van der Waals surface area (Å²) >= 11 is 26.2. The van der Waals surface area contributed by atoms with Crippen LogP contribution >= 0.6 is 46.4 Å². The highest BCUT2D eigenvalue weighted by molar-refractivity contribution is 6.52. The van der Waals surface area contributed by atoms with Crippen LogP contribution in [0.2, 0.25) is 0 Å². The second kappa shape index (κ2) is 6.19. The zero-order valence-corrected chi connectivity index (χ0v) is 20.1. The third-order valence-corrected chi connectivity index (χ3v) is 11.9. The van der Waals surface area contributed by atoms with E-state index in [0.717, 1.165) is 25.4 Å². The first-order valence-electron chi connectivity index (χ1n) is 10.3. The molecule has 0 aromatic rings. The minimum atomic E-state index is -0.713. The maximum absolute atomic E-state index is 6.67. The maximum atomic E-state index is 6.67. The Morgan fingerprint density at radius 2 is 1.63 bits per heavy atom. The molecule has 27 heavy (non-hydrogen) atoms. The minimum Gasteiger partial charge on any atom is -0.377 e. The Morgan fingerprint density at radius 1 is 1.00 bits per heavy atom. The maximum Gasteiger partial charge on any atom is 0.129 e. The van der Waals surface area contributed by atoms with Gasteiger partial charge >= 0.3 is 0 Å². The van der Waals surface area contributed by atoms with Crippen molar-refractivity contribution in [1.82, 2.24) is 0 Å².